The maximum absolute atomic E-state index is 13.9. The van der Waals surface area contributed by atoms with Gasteiger partial charge in [0, 0.05) is 11.8 Å². The highest BCUT2D eigenvalue weighted by atomic mass is 19.1. The van der Waals surface area contributed by atoms with Crippen LogP contribution in [0.4, 0.5) is 8.78 Å². The third-order valence-corrected chi connectivity index (χ3v) is 2.81. The van der Waals surface area contributed by atoms with Gasteiger partial charge in [0.2, 0.25) is 0 Å². The minimum atomic E-state index is -0.744. The lowest BCUT2D eigenvalue weighted by Crippen LogP contribution is -2.04. The second-order valence-corrected chi connectivity index (χ2v) is 4.09. The highest BCUT2D eigenvalue weighted by Crippen LogP contribution is 2.23. The van der Waals surface area contributed by atoms with Crippen molar-refractivity contribution in [1.82, 2.24) is 19.6 Å². The Labute approximate surface area is 117 Å². The number of nitrogens with zero attached hydrogens (tertiary/aromatic N) is 4. The SMILES string of the molecule is COC(=O)c1nc2nccc(-c3cc(F)ccc3F)n2n1. The van der Waals surface area contributed by atoms with E-state index < -0.39 is 17.6 Å². The number of esters is 1. The van der Waals surface area contributed by atoms with E-state index in [1.54, 1.807) is 0 Å². The molecule has 0 unspecified atom stereocenters. The van der Waals surface area contributed by atoms with Crippen LogP contribution >= 0.6 is 0 Å². The molecule has 106 valence electrons. The molecule has 0 N–H and O–H groups in total. The summed E-state index contributed by atoms with van der Waals surface area (Å²) in [6.07, 6.45) is 1.37. The molecular formula is C13H8F2N4O2. The fourth-order valence-corrected chi connectivity index (χ4v) is 1.87. The molecule has 3 rings (SSSR count). The number of rotatable bonds is 2. The zero-order valence-electron chi connectivity index (χ0n) is 10.7. The minimum absolute atomic E-state index is 0.0104. The minimum Gasteiger partial charge on any atom is -0.463 e. The summed E-state index contributed by atoms with van der Waals surface area (Å²) < 4.78 is 32.9. The molecule has 0 aliphatic carbocycles. The molecular weight excluding hydrogens is 282 g/mol. The third kappa shape index (κ3) is 2.20. The number of aromatic nitrogens is 4. The molecule has 0 bridgehead atoms. The van der Waals surface area contributed by atoms with Gasteiger partial charge >= 0.3 is 5.97 Å². The summed E-state index contributed by atoms with van der Waals surface area (Å²) in [4.78, 5) is 19.2. The quantitative estimate of drug-likeness (QED) is 0.674. The molecule has 0 fully saturated rings. The number of methoxy groups -OCH3 is 1. The van der Waals surface area contributed by atoms with E-state index in [0.717, 1.165) is 22.7 Å². The van der Waals surface area contributed by atoms with E-state index in [-0.39, 0.29) is 22.9 Å². The fraction of sp³-hybridized carbons (Fsp3) is 0.0769. The van der Waals surface area contributed by atoms with Crippen LogP contribution in [0.3, 0.4) is 0 Å². The monoisotopic (exact) mass is 290 g/mol. The molecule has 3 aromatic rings. The van der Waals surface area contributed by atoms with E-state index >= 15 is 0 Å². The topological polar surface area (TPSA) is 69.4 Å². The highest BCUT2D eigenvalue weighted by Gasteiger charge is 2.17. The smallest absolute Gasteiger partial charge is 0.378 e. The first-order chi connectivity index (χ1) is 10.1. The average Bonchev–Trinajstić information content (AvgIpc) is 2.93. The van der Waals surface area contributed by atoms with Gasteiger partial charge in [-0.2, -0.15) is 9.50 Å². The molecule has 0 aliphatic heterocycles. The molecule has 0 radical (unpaired) electrons. The predicted molar refractivity (Wildman–Crippen MR) is 67.5 cm³/mol. The van der Waals surface area contributed by atoms with Gasteiger partial charge in [-0.25, -0.2) is 18.6 Å². The zero-order chi connectivity index (χ0) is 15.0. The summed E-state index contributed by atoms with van der Waals surface area (Å²) in [6, 6.07) is 4.50. The molecule has 1 aromatic carbocycles. The molecule has 6 nitrogen and oxygen atoms in total. The molecule has 8 heteroatoms. The number of hydrogen-bond acceptors (Lipinski definition) is 5. The lowest BCUT2D eigenvalue weighted by molar-refractivity contribution is 0.0587. The van der Waals surface area contributed by atoms with Crippen molar-refractivity contribution in [2.75, 3.05) is 7.11 Å². The summed E-state index contributed by atoms with van der Waals surface area (Å²) in [7, 11) is 1.19. The van der Waals surface area contributed by atoms with Crippen molar-refractivity contribution in [3.63, 3.8) is 0 Å². The van der Waals surface area contributed by atoms with Crippen molar-refractivity contribution >= 4 is 11.7 Å². The van der Waals surface area contributed by atoms with Crippen LogP contribution in [0.1, 0.15) is 10.6 Å². The van der Waals surface area contributed by atoms with Gasteiger partial charge in [0.05, 0.1) is 12.8 Å². The summed E-state index contributed by atoms with van der Waals surface area (Å²) in [5.74, 6) is -2.10. The largest absolute Gasteiger partial charge is 0.463 e. The molecule has 2 heterocycles. The van der Waals surface area contributed by atoms with Crippen LogP contribution in [0, 0.1) is 11.6 Å². The lowest BCUT2D eigenvalue weighted by Gasteiger charge is -2.05. The Morgan fingerprint density at radius 2 is 2.10 bits per heavy atom. The number of carbonyl (C=O) groups excluding carboxylic acids is 1. The van der Waals surface area contributed by atoms with E-state index in [1.165, 1.54) is 19.4 Å². The van der Waals surface area contributed by atoms with E-state index in [4.69, 9.17) is 0 Å². The number of halogens is 2. The predicted octanol–water partition coefficient (Wildman–Crippen LogP) is 1.86. The normalized spacial score (nSPS) is 10.8. The summed E-state index contributed by atoms with van der Waals surface area (Å²) in [6.45, 7) is 0. The molecule has 21 heavy (non-hydrogen) atoms. The van der Waals surface area contributed by atoms with Gasteiger partial charge in [-0.1, -0.05) is 0 Å². The molecule has 0 atom stereocenters. The molecule has 0 saturated carbocycles. The molecule has 2 aromatic heterocycles. The van der Waals surface area contributed by atoms with Crippen LogP contribution in [0.5, 0.6) is 0 Å². The average molecular weight is 290 g/mol. The maximum Gasteiger partial charge on any atom is 0.378 e. The van der Waals surface area contributed by atoms with Gasteiger partial charge in [0.15, 0.2) is 0 Å². The number of carbonyl (C=O) groups is 1. The first kappa shape index (κ1) is 13.1. The van der Waals surface area contributed by atoms with Crippen molar-refractivity contribution in [3.05, 3.63) is 47.9 Å². The lowest BCUT2D eigenvalue weighted by atomic mass is 10.1. The van der Waals surface area contributed by atoms with Crippen LogP contribution in [-0.2, 0) is 4.74 Å². The summed E-state index contributed by atoms with van der Waals surface area (Å²) >= 11 is 0. The Morgan fingerprint density at radius 3 is 2.86 bits per heavy atom. The Morgan fingerprint density at radius 1 is 1.29 bits per heavy atom. The van der Waals surface area contributed by atoms with Crippen LogP contribution in [0.2, 0.25) is 0 Å². The van der Waals surface area contributed by atoms with Crippen molar-refractivity contribution in [2.24, 2.45) is 0 Å². The van der Waals surface area contributed by atoms with Gasteiger partial charge in [-0.3, -0.25) is 0 Å². The Balaban J connectivity index is 2.25. The van der Waals surface area contributed by atoms with Gasteiger partial charge in [0.1, 0.15) is 11.6 Å². The van der Waals surface area contributed by atoms with Gasteiger partial charge < -0.3 is 4.74 Å². The van der Waals surface area contributed by atoms with E-state index in [0.29, 0.717) is 0 Å². The molecule has 0 amide bonds. The fourth-order valence-electron chi connectivity index (χ4n) is 1.87. The highest BCUT2D eigenvalue weighted by molar-refractivity contribution is 5.85. The van der Waals surface area contributed by atoms with E-state index in [1.807, 2.05) is 0 Å². The van der Waals surface area contributed by atoms with Gasteiger partial charge in [-0.05, 0) is 24.3 Å². The van der Waals surface area contributed by atoms with Crippen LogP contribution in [0.15, 0.2) is 30.5 Å². The maximum atomic E-state index is 13.9. The Bertz CT molecular complexity index is 847. The van der Waals surface area contributed by atoms with Gasteiger partial charge in [0.25, 0.3) is 11.6 Å². The van der Waals surface area contributed by atoms with Crippen molar-refractivity contribution in [3.8, 4) is 11.3 Å². The summed E-state index contributed by atoms with van der Waals surface area (Å²) in [5.41, 5.74) is 0.211. The number of benzene rings is 1. The Hall–Kier alpha value is -2.90. The molecule has 0 saturated heterocycles. The third-order valence-electron chi connectivity index (χ3n) is 2.81. The second kappa shape index (κ2) is 4.89. The standard InChI is InChI=1S/C13H8F2N4O2/c1-21-12(20)11-17-13-16-5-4-10(19(13)18-11)8-6-7(14)2-3-9(8)15/h2-6H,1H3. The number of hydrogen-bond donors (Lipinski definition) is 0. The van der Waals surface area contributed by atoms with Crippen molar-refractivity contribution in [1.29, 1.82) is 0 Å². The summed E-state index contributed by atoms with van der Waals surface area (Å²) in [5, 5.41) is 3.91. The first-order valence-corrected chi connectivity index (χ1v) is 5.85. The van der Waals surface area contributed by atoms with Crippen molar-refractivity contribution < 1.29 is 18.3 Å². The zero-order valence-corrected chi connectivity index (χ0v) is 10.7. The first-order valence-electron chi connectivity index (χ1n) is 5.85. The van der Waals surface area contributed by atoms with Crippen LogP contribution in [-0.4, -0.2) is 32.7 Å². The number of fused-ring (bicyclic) bond motifs is 1. The van der Waals surface area contributed by atoms with E-state index in [2.05, 4.69) is 19.8 Å². The van der Waals surface area contributed by atoms with Crippen LogP contribution < -0.4 is 0 Å². The molecule has 0 spiro atoms. The Kier molecular flexibility index (Phi) is 3.05. The van der Waals surface area contributed by atoms with Gasteiger partial charge in [-0.15, -0.1) is 5.10 Å². The van der Waals surface area contributed by atoms with E-state index in [9.17, 15) is 13.6 Å². The number of ether oxygens (including phenoxy) is 1. The second-order valence-electron chi connectivity index (χ2n) is 4.09. The van der Waals surface area contributed by atoms with Crippen molar-refractivity contribution in [2.45, 2.75) is 0 Å². The van der Waals surface area contributed by atoms with Crippen LogP contribution in [0.25, 0.3) is 17.0 Å². The molecule has 0 aliphatic rings.